The molecule has 0 radical (unpaired) electrons. The molecule has 0 spiro atoms. The van der Waals surface area contributed by atoms with Crippen LogP contribution in [0.25, 0.3) is 0 Å². The molecular formula is C9H13F3N2O4. The number of halogens is 3. The molecule has 1 unspecified atom stereocenters. The molecule has 1 rings (SSSR count). The Hall–Kier alpha value is -1.51. The first-order valence-corrected chi connectivity index (χ1v) is 5.11. The number of nitrogens with zero attached hydrogens (tertiary/aromatic N) is 2. The predicted octanol–water partition coefficient (Wildman–Crippen LogP) is 0.386. The third-order valence-electron chi connectivity index (χ3n) is 2.40. The SMILES string of the molecule is CN(CC(F)(F)F)C(=O)N1CCOCC1C(=O)O. The normalized spacial score (nSPS) is 20.7. The van der Waals surface area contributed by atoms with Crippen LogP contribution in [0.15, 0.2) is 0 Å². The van der Waals surface area contributed by atoms with Crippen molar-refractivity contribution in [2.75, 3.05) is 33.4 Å². The fraction of sp³-hybridized carbons (Fsp3) is 0.778. The number of aliphatic carboxylic acids is 1. The summed E-state index contributed by atoms with van der Waals surface area (Å²) in [6.45, 7) is -1.58. The molecule has 1 N–H and O–H groups in total. The van der Waals surface area contributed by atoms with Crippen LogP contribution in [0.5, 0.6) is 0 Å². The van der Waals surface area contributed by atoms with Gasteiger partial charge in [-0.05, 0) is 0 Å². The summed E-state index contributed by atoms with van der Waals surface area (Å²) < 4.78 is 41.3. The number of alkyl halides is 3. The summed E-state index contributed by atoms with van der Waals surface area (Å²) in [4.78, 5) is 23.9. The molecule has 18 heavy (non-hydrogen) atoms. The van der Waals surface area contributed by atoms with Gasteiger partial charge in [0.2, 0.25) is 0 Å². The predicted molar refractivity (Wildman–Crippen MR) is 53.0 cm³/mol. The van der Waals surface area contributed by atoms with Crippen LogP contribution in [0.3, 0.4) is 0 Å². The highest BCUT2D eigenvalue weighted by molar-refractivity contribution is 5.83. The number of urea groups is 1. The summed E-state index contributed by atoms with van der Waals surface area (Å²) in [5, 5.41) is 8.86. The van der Waals surface area contributed by atoms with Gasteiger partial charge >= 0.3 is 18.2 Å². The number of carboxylic acid groups (broad SMARTS) is 1. The van der Waals surface area contributed by atoms with E-state index in [0.29, 0.717) is 4.90 Å². The Morgan fingerprint density at radius 3 is 2.61 bits per heavy atom. The molecule has 2 amide bonds. The lowest BCUT2D eigenvalue weighted by Gasteiger charge is -2.35. The van der Waals surface area contributed by atoms with E-state index in [1.807, 2.05) is 0 Å². The Balaban J connectivity index is 2.71. The van der Waals surface area contributed by atoms with Crippen molar-refractivity contribution in [2.45, 2.75) is 12.2 Å². The molecule has 0 aromatic heterocycles. The fourth-order valence-corrected chi connectivity index (χ4v) is 1.59. The van der Waals surface area contributed by atoms with Crippen LogP contribution in [-0.4, -0.2) is 72.5 Å². The number of rotatable bonds is 2. The molecule has 0 aromatic carbocycles. The average molecular weight is 270 g/mol. The van der Waals surface area contributed by atoms with Crippen molar-refractivity contribution in [3.8, 4) is 0 Å². The standard InChI is InChI=1S/C9H13F3N2O4/c1-13(5-9(10,11)12)8(17)14-2-3-18-4-6(14)7(15)16/h6H,2-5H2,1H3,(H,15,16). The molecule has 1 heterocycles. The molecule has 0 saturated carbocycles. The lowest BCUT2D eigenvalue weighted by Crippen LogP contribution is -2.56. The second-order valence-corrected chi connectivity index (χ2v) is 3.88. The van der Waals surface area contributed by atoms with Gasteiger partial charge in [-0.3, -0.25) is 0 Å². The second kappa shape index (κ2) is 5.42. The number of carbonyl (C=O) groups excluding carboxylic acids is 1. The van der Waals surface area contributed by atoms with Crippen LogP contribution in [0.4, 0.5) is 18.0 Å². The summed E-state index contributed by atoms with van der Waals surface area (Å²) in [5.74, 6) is -1.30. The summed E-state index contributed by atoms with van der Waals surface area (Å²) in [6.07, 6.45) is -4.52. The molecule has 1 saturated heterocycles. The maximum Gasteiger partial charge on any atom is 0.406 e. The minimum absolute atomic E-state index is 0.0437. The van der Waals surface area contributed by atoms with Crippen molar-refractivity contribution in [3.05, 3.63) is 0 Å². The molecule has 0 aliphatic carbocycles. The van der Waals surface area contributed by atoms with Gasteiger partial charge in [0.25, 0.3) is 0 Å². The van der Waals surface area contributed by atoms with Crippen molar-refractivity contribution < 1.29 is 32.6 Å². The van der Waals surface area contributed by atoms with Gasteiger partial charge in [0.15, 0.2) is 6.04 Å². The van der Waals surface area contributed by atoms with Crippen LogP contribution < -0.4 is 0 Å². The molecule has 0 aromatic rings. The van der Waals surface area contributed by atoms with Gasteiger partial charge in [0, 0.05) is 13.6 Å². The average Bonchev–Trinajstić information content (AvgIpc) is 2.25. The van der Waals surface area contributed by atoms with Crippen molar-refractivity contribution in [3.63, 3.8) is 0 Å². The maximum atomic E-state index is 12.1. The Morgan fingerprint density at radius 2 is 2.11 bits per heavy atom. The van der Waals surface area contributed by atoms with Gasteiger partial charge in [-0.15, -0.1) is 0 Å². The minimum Gasteiger partial charge on any atom is -0.480 e. The zero-order valence-electron chi connectivity index (χ0n) is 9.61. The fourth-order valence-electron chi connectivity index (χ4n) is 1.59. The van der Waals surface area contributed by atoms with E-state index in [9.17, 15) is 22.8 Å². The maximum absolute atomic E-state index is 12.1. The summed E-state index contributed by atoms with van der Waals surface area (Å²) in [6, 6.07) is -2.22. The van der Waals surface area contributed by atoms with Crippen LogP contribution >= 0.6 is 0 Å². The third kappa shape index (κ3) is 3.76. The van der Waals surface area contributed by atoms with Gasteiger partial charge in [-0.2, -0.15) is 13.2 Å². The molecular weight excluding hydrogens is 257 g/mol. The molecule has 104 valence electrons. The quantitative estimate of drug-likeness (QED) is 0.787. The molecule has 1 aliphatic heterocycles. The Labute approximate surface area is 101 Å². The van der Waals surface area contributed by atoms with E-state index in [1.54, 1.807) is 0 Å². The van der Waals surface area contributed by atoms with E-state index in [-0.39, 0.29) is 19.8 Å². The van der Waals surface area contributed by atoms with E-state index in [0.717, 1.165) is 11.9 Å². The van der Waals surface area contributed by atoms with E-state index in [2.05, 4.69) is 0 Å². The first kappa shape index (κ1) is 14.6. The van der Waals surface area contributed by atoms with Crippen LogP contribution in [0.2, 0.25) is 0 Å². The van der Waals surface area contributed by atoms with Gasteiger partial charge in [0.05, 0.1) is 13.2 Å². The topological polar surface area (TPSA) is 70.1 Å². The van der Waals surface area contributed by atoms with Crippen LogP contribution in [0.1, 0.15) is 0 Å². The van der Waals surface area contributed by atoms with E-state index in [4.69, 9.17) is 9.84 Å². The molecule has 6 nitrogen and oxygen atoms in total. The number of ether oxygens (including phenoxy) is 1. The summed E-state index contributed by atoms with van der Waals surface area (Å²) in [5.41, 5.74) is 0. The largest absolute Gasteiger partial charge is 0.480 e. The van der Waals surface area contributed by atoms with Gasteiger partial charge in [-0.25, -0.2) is 9.59 Å². The Kier molecular flexibility index (Phi) is 4.38. The number of hydrogen-bond acceptors (Lipinski definition) is 3. The number of carboxylic acids is 1. The zero-order valence-corrected chi connectivity index (χ0v) is 9.61. The van der Waals surface area contributed by atoms with E-state index >= 15 is 0 Å². The summed E-state index contributed by atoms with van der Waals surface area (Å²) in [7, 11) is 0.976. The van der Waals surface area contributed by atoms with Gasteiger partial charge in [-0.1, -0.05) is 0 Å². The van der Waals surface area contributed by atoms with Crippen LogP contribution in [-0.2, 0) is 9.53 Å². The summed E-state index contributed by atoms with van der Waals surface area (Å²) >= 11 is 0. The molecule has 1 fully saturated rings. The highest BCUT2D eigenvalue weighted by Gasteiger charge is 2.37. The van der Waals surface area contributed by atoms with Gasteiger partial charge < -0.3 is 19.6 Å². The molecule has 0 bridgehead atoms. The highest BCUT2D eigenvalue weighted by Crippen LogP contribution is 2.17. The first-order valence-electron chi connectivity index (χ1n) is 5.11. The third-order valence-corrected chi connectivity index (χ3v) is 2.40. The lowest BCUT2D eigenvalue weighted by molar-refractivity contribution is -0.149. The Bertz CT molecular complexity index is 334. The number of amides is 2. The van der Waals surface area contributed by atoms with Crippen molar-refractivity contribution in [1.29, 1.82) is 0 Å². The number of morpholine rings is 1. The lowest BCUT2D eigenvalue weighted by atomic mass is 10.2. The van der Waals surface area contributed by atoms with Crippen molar-refractivity contribution in [1.82, 2.24) is 9.80 Å². The molecule has 1 aliphatic rings. The van der Waals surface area contributed by atoms with E-state index in [1.165, 1.54) is 0 Å². The smallest absolute Gasteiger partial charge is 0.406 e. The number of carbonyl (C=O) groups is 2. The van der Waals surface area contributed by atoms with Gasteiger partial charge in [0.1, 0.15) is 6.54 Å². The van der Waals surface area contributed by atoms with E-state index < -0.39 is 30.8 Å². The number of hydrogen-bond donors (Lipinski definition) is 1. The van der Waals surface area contributed by atoms with Crippen LogP contribution in [0, 0.1) is 0 Å². The minimum atomic E-state index is -4.52. The van der Waals surface area contributed by atoms with Crippen molar-refractivity contribution in [2.24, 2.45) is 0 Å². The first-order chi connectivity index (χ1) is 8.22. The molecule has 1 atom stereocenters. The zero-order chi connectivity index (χ0) is 13.9. The highest BCUT2D eigenvalue weighted by atomic mass is 19.4. The van der Waals surface area contributed by atoms with Crippen molar-refractivity contribution >= 4 is 12.0 Å². The molecule has 9 heteroatoms. The Morgan fingerprint density at radius 1 is 1.50 bits per heavy atom. The monoisotopic (exact) mass is 270 g/mol. The second-order valence-electron chi connectivity index (χ2n) is 3.88.